The minimum Gasteiger partial charge on any atom is -0.268 e. The van der Waals surface area contributed by atoms with Crippen LogP contribution in [0.5, 0.6) is 0 Å². The summed E-state index contributed by atoms with van der Waals surface area (Å²) < 4.78 is 3.20. The maximum atomic E-state index is 11.6. The lowest BCUT2D eigenvalue weighted by atomic mass is 10.1. The summed E-state index contributed by atoms with van der Waals surface area (Å²) in [4.78, 5) is 16.2. The van der Waals surface area contributed by atoms with E-state index in [-0.39, 0.29) is 11.5 Å². The Hall–Kier alpha value is -2.76. The number of aryl methyl sites for hydroxylation is 3. The van der Waals surface area contributed by atoms with E-state index in [2.05, 4.69) is 41.2 Å². The Morgan fingerprint density at radius 2 is 1.79 bits per heavy atom. The van der Waals surface area contributed by atoms with Gasteiger partial charge in [0.15, 0.2) is 11.6 Å². The van der Waals surface area contributed by atoms with Crippen LogP contribution in [0, 0.1) is 0 Å². The SMILES string of the molecule is CC(C)c1nc(-c2ccc(=O)n(C)n2)n(CCc2ccccc2)n1. The van der Waals surface area contributed by atoms with Gasteiger partial charge in [0.05, 0.1) is 0 Å². The first kappa shape index (κ1) is 16.1. The first-order valence-corrected chi connectivity index (χ1v) is 8.08. The Labute approximate surface area is 140 Å². The first-order chi connectivity index (χ1) is 11.5. The van der Waals surface area contributed by atoms with Gasteiger partial charge < -0.3 is 0 Å². The van der Waals surface area contributed by atoms with Crippen LogP contribution in [0.15, 0.2) is 47.3 Å². The minimum atomic E-state index is -0.141. The van der Waals surface area contributed by atoms with Gasteiger partial charge in [-0.2, -0.15) is 10.2 Å². The molecule has 2 aromatic heterocycles. The van der Waals surface area contributed by atoms with Crippen LogP contribution in [0.3, 0.4) is 0 Å². The third kappa shape index (κ3) is 3.42. The van der Waals surface area contributed by atoms with Crippen LogP contribution >= 0.6 is 0 Å². The van der Waals surface area contributed by atoms with E-state index >= 15 is 0 Å². The molecule has 0 aliphatic rings. The molecule has 124 valence electrons. The van der Waals surface area contributed by atoms with Crippen LogP contribution in [0.1, 0.15) is 31.2 Å². The zero-order chi connectivity index (χ0) is 17.1. The molecule has 0 amide bonds. The zero-order valence-electron chi connectivity index (χ0n) is 14.2. The molecule has 3 rings (SSSR count). The maximum absolute atomic E-state index is 11.6. The van der Waals surface area contributed by atoms with E-state index < -0.39 is 0 Å². The van der Waals surface area contributed by atoms with Crippen molar-refractivity contribution in [3.63, 3.8) is 0 Å². The van der Waals surface area contributed by atoms with Crippen molar-refractivity contribution < 1.29 is 0 Å². The summed E-state index contributed by atoms with van der Waals surface area (Å²) in [7, 11) is 1.64. The fraction of sp³-hybridized carbons (Fsp3) is 0.333. The van der Waals surface area contributed by atoms with Crippen molar-refractivity contribution >= 4 is 0 Å². The summed E-state index contributed by atoms with van der Waals surface area (Å²) in [5.41, 5.74) is 1.77. The molecule has 0 atom stereocenters. The molecule has 0 spiro atoms. The minimum absolute atomic E-state index is 0.141. The monoisotopic (exact) mass is 323 g/mol. The Balaban J connectivity index is 1.95. The van der Waals surface area contributed by atoms with Gasteiger partial charge in [0.1, 0.15) is 5.69 Å². The molecule has 0 saturated carbocycles. The van der Waals surface area contributed by atoms with Gasteiger partial charge in [0.2, 0.25) is 0 Å². The second-order valence-corrected chi connectivity index (χ2v) is 6.09. The highest BCUT2D eigenvalue weighted by Crippen LogP contribution is 2.18. The Morgan fingerprint density at radius 3 is 2.46 bits per heavy atom. The topological polar surface area (TPSA) is 65.6 Å². The quantitative estimate of drug-likeness (QED) is 0.723. The van der Waals surface area contributed by atoms with Crippen molar-refractivity contribution in [3.8, 4) is 11.5 Å². The molecule has 0 fully saturated rings. The maximum Gasteiger partial charge on any atom is 0.266 e. The normalized spacial score (nSPS) is 11.2. The van der Waals surface area contributed by atoms with Crippen molar-refractivity contribution in [3.05, 3.63) is 64.2 Å². The molecule has 0 bridgehead atoms. The molecular weight excluding hydrogens is 302 g/mol. The van der Waals surface area contributed by atoms with Gasteiger partial charge in [-0.05, 0) is 18.1 Å². The van der Waals surface area contributed by atoms with Crippen LogP contribution < -0.4 is 5.56 Å². The number of nitrogens with zero attached hydrogens (tertiary/aromatic N) is 5. The first-order valence-electron chi connectivity index (χ1n) is 8.08. The van der Waals surface area contributed by atoms with Crippen molar-refractivity contribution in [1.82, 2.24) is 24.5 Å². The van der Waals surface area contributed by atoms with E-state index in [9.17, 15) is 4.79 Å². The average molecular weight is 323 g/mol. The third-order valence-electron chi connectivity index (χ3n) is 3.85. The molecule has 2 heterocycles. The molecule has 0 saturated heterocycles. The number of benzene rings is 1. The fourth-order valence-electron chi connectivity index (χ4n) is 2.45. The van der Waals surface area contributed by atoms with Crippen molar-refractivity contribution in [2.45, 2.75) is 32.7 Å². The van der Waals surface area contributed by atoms with Gasteiger partial charge in [-0.1, -0.05) is 44.2 Å². The molecule has 1 aromatic carbocycles. The third-order valence-corrected chi connectivity index (χ3v) is 3.85. The van der Waals surface area contributed by atoms with Gasteiger partial charge in [-0.3, -0.25) is 4.79 Å². The van der Waals surface area contributed by atoms with Gasteiger partial charge in [0.25, 0.3) is 5.56 Å². The predicted molar refractivity (Wildman–Crippen MR) is 92.7 cm³/mol. The molecule has 6 heteroatoms. The van der Waals surface area contributed by atoms with Crippen molar-refractivity contribution in [2.75, 3.05) is 0 Å². The van der Waals surface area contributed by atoms with Crippen LogP contribution in [0.25, 0.3) is 11.5 Å². The zero-order valence-corrected chi connectivity index (χ0v) is 14.2. The van der Waals surface area contributed by atoms with E-state index in [1.54, 1.807) is 13.1 Å². The van der Waals surface area contributed by atoms with Gasteiger partial charge in [-0.15, -0.1) is 0 Å². The Bertz CT molecular complexity index is 880. The number of aromatic nitrogens is 5. The summed E-state index contributed by atoms with van der Waals surface area (Å²) in [5.74, 6) is 1.72. The molecule has 0 N–H and O–H groups in total. The highest BCUT2D eigenvalue weighted by molar-refractivity contribution is 5.48. The summed E-state index contributed by atoms with van der Waals surface area (Å²) in [6.45, 7) is 4.84. The summed E-state index contributed by atoms with van der Waals surface area (Å²) in [5, 5.41) is 8.94. The fourth-order valence-corrected chi connectivity index (χ4v) is 2.45. The molecule has 0 aliphatic carbocycles. The van der Waals surface area contributed by atoms with Crippen LogP contribution in [-0.2, 0) is 20.0 Å². The van der Waals surface area contributed by atoms with Crippen molar-refractivity contribution in [1.29, 1.82) is 0 Å². The van der Waals surface area contributed by atoms with Crippen LogP contribution in [-0.4, -0.2) is 24.5 Å². The number of hydrogen-bond acceptors (Lipinski definition) is 4. The summed E-state index contributed by atoms with van der Waals surface area (Å²) >= 11 is 0. The lowest BCUT2D eigenvalue weighted by Gasteiger charge is -2.06. The second kappa shape index (κ2) is 6.78. The molecule has 0 aliphatic heterocycles. The lowest BCUT2D eigenvalue weighted by molar-refractivity contribution is 0.600. The van der Waals surface area contributed by atoms with E-state index in [0.29, 0.717) is 18.1 Å². The molecular formula is C18H21N5O. The lowest BCUT2D eigenvalue weighted by Crippen LogP contribution is -2.19. The second-order valence-electron chi connectivity index (χ2n) is 6.09. The standard InChI is InChI=1S/C18H21N5O/c1-13(2)17-19-18(15-9-10-16(24)22(3)20-15)23(21-17)12-11-14-7-5-4-6-8-14/h4-10,13H,11-12H2,1-3H3. The largest absolute Gasteiger partial charge is 0.268 e. The summed E-state index contributed by atoms with van der Waals surface area (Å²) in [6.07, 6.45) is 0.862. The number of rotatable bonds is 5. The highest BCUT2D eigenvalue weighted by atomic mass is 16.1. The van der Waals surface area contributed by atoms with Gasteiger partial charge in [-0.25, -0.2) is 14.3 Å². The molecule has 0 unspecified atom stereocenters. The smallest absolute Gasteiger partial charge is 0.266 e. The molecule has 6 nitrogen and oxygen atoms in total. The molecule has 0 radical (unpaired) electrons. The highest BCUT2D eigenvalue weighted by Gasteiger charge is 2.16. The summed E-state index contributed by atoms with van der Waals surface area (Å²) in [6, 6.07) is 13.5. The van der Waals surface area contributed by atoms with E-state index in [1.807, 2.05) is 22.9 Å². The van der Waals surface area contributed by atoms with E-state index in [0.717, 1.165) is 12.2 Å². The average Bonchev–Trinajstić information content (AvgIpc) is 3.01. The van der Waals surface area contributed by atoms with Gasteiger partial charge >= 0.3 is 0 Å². The van der Waals surface area contributed by atoms with Gasteiger partial charge in [0, 0.05) is 25.6 Å². The molecule has 24 heavy (non-hydrogen) atoms. The van der Waals surface area contributed by atoms with Crippen LogP contribution in [0.4, 0.5) is 0 Å². The Morgan fingerprint density at radius 1 is 1.04 bits per heavy atom. The number of hydrogen-bond donors (Lipinski definition) is 0. The molecule has 3 aromatic rings. The predicted octanol–water partition coefficient (Wildman–Crippen LogP) is 2.40. The van der Waals surface area contributed by atoms with E-state index in [4.69, 9.17) is 0 Å². The van der Waals surface area contributed by atoms with E-state index in [1.165, 1.54) is 16.3 Å². The Kier molecular flexibility index (Phi) is 4.55. The van der Waals surface area contributed by atoms with Crippen LogP contribution in [0.2, 0.25) is 0 Å². The van der Waals surface area contributed by atoms with Crippen molar-refractivity contribution in [2.24, 2.45) is 7.05 Å².